The molecule has 0 N–H and O–H groups in total. The molecule has 2 aromatic carbocycles. The van der Waals surface area contributed by atoms with Gasteiger partial charge in [-0.2, -0.15) is 0 Å². The summed E-state index contributed by atoms with van der Waals surface area (Å²) in [6, 6.07) is 10.1. The van der Waals surface area contributed by atoms with Crippen molar-refractivity contribution in [2.75, 3.05) is 18.0 Å². The van der Waals surface area contributed by atoms with Crippen molar-refractivity contribution in [3.8, 4) is 5.75 Å². The Morgan fingerprint density at radius 2 is 1.76 bits per heavy atom. The highest BCUT2D eigenvalue weighted by Gasteiger charge is 2.19. The monoisotopic (exact) mass is 490 g/mol. The summed E-state index contributed by atoms with van der Waals surface area (Å²) < 4.78 is 53.9. The first-order chi connectivity index (χ1) is 16.2. The minimum Gasteiger partial charge on any atom is -0.485 e. The van der Waals surface area contributed by atoms with Gasteiger partial charge in [-0.25, -0.2) is 18.0 Å². The number of carbonyl (C=O) groups is 1. The fraction of sp³-hybridized carbons (Fsp3) is 0.280. The Kier molecular flexibility index (Phi) is 8.44. The summed E-state index contributed by atoms with van der Waals surface area (Å²) in [5.74, 6) is -1.45. The molecular formula is C25H25F3N2O3S. The first-order valence-corrected chi connectivity index (χ1v) is 11.3. The minimum absolute atomic E-state index is 0.0340. The topological polar surface area (TPSA) is 51.7 Å². The van der Waals surface area contributed by atoms with E-state index < -0.39 is 23.8 Å². The van der Waals surface area contributed by atoms with Gasteiger partial charge in [0.1, 0.15) is 30.2 Å². The number of pyridine rings is 1. The average molecular weight is 491 g/mol. The van der Waals surface area contributed by atoms with Gasteiger partial charge >= 0.3 is 5.97 Å². The maximum atomic E-state index is 14.1. The molecule has 9 heteroatoms. The van der Waals surface area contributed by atoms with Crippen LogP contribution >= 0.6 is 11.9 Å². The standard InChI is InChI=1S/C25H25F3N2O3S/c1-15-7-23(30(13-17(3)26)34-22-10-19(27)9-20(28)11-22)24(8-16(15)2)33-14-21-6-5-18(12-29-21)25(31)32-4/h5-12,17H,13-14H2,1-4H3. The van der Waals surface area contributed by atoms with E-state index in [-0.39, 0.29) is 13.2 Å². The molecule has 1 unspecified atom stereocenters. The number of halogens is 3. The molecule has 0 amide bonds. The predicted octanol–water partition coefficient (Wildman–Crippen LogP) is 6.21. The van der Waals surface area contributed by atoms with Crippen LogP contribution in [0, 0.1) is 25.5 Å². The Morgan fingerprint density at radius 3 is 2.35 bits per heavy atom. The van der Waals surface area contributed by atoms with Crippen LogP contribution in [0.15, 0.2) is 53.6 Å². The van der Waals surface area contributed by atoms with Crippen molar-refractivity contribution >= 4 is 23.6 Å². The van der Waals surface area contributed by atoms with Gasteiger partial charge in [-0.3, -0.25) is 4.98 Å². The largest absolute Gasteiger partial charge is 0.485 e. The van der Waals surface area contributed by atoms with Gasteiger partial charge in [-0.15, -0.1) is 0 Å². The zero-order valence-electron chi connectivity index (χ0n) is 19.3. The molecule has 0 spiro atoms. The third-order valence-corrected chi connectivity index (χ3v) is 5.95. The Balaban J connectivity index is 1.90. The molecule has 5 nitrogen and oxygen atoms in total. The summed E-state index contributed by atoms with van der Waals surface area (Å²) in [7, 11) is 1.29. The molecule has 0 bridgehead atoms. The van der Waals surface area contributed by atoms with Crippen molar-refractivity contribution < 1.29 is 27.4 Å². The van der Waals surface area contributed by atoms with E-state index in [1.165, 1.54) is 32.4 Å². The first-order valence-electron chi connectivity index (χ1n) is 10.5. The second kappa shape index (κ2) is 11.3. The van der Waals surface area contributed by atoms with E-state index in [9.17, 15) is 18.0 Å². The minimum atomic E-state index is -1.21. The molecule has 34 heavy (non-hydrogen) atoms. The fourth-order valence-corrected chi connectivity index (χ4v) is 4.21. The highest BCUT2D eigenvalue weighted by molar-refractivity contribution is 8.00. The third kappa shape index (κ3) is 6.66. The van der Waals surface area contributed by atoms with Crippen molar-refractivity contribution in [2.45, 2.75) is 38.4 Å². The molecule has 0 saturated heterocycles. The Labute approximate surface area is 201 Å². The van der Waals surface area contributed by atoms with E-state index in [1.54, 1.807) is 16.4 Å². The molecule has 0 fully saturated rings. The summed E-state index contributed by atoms with van der Waals surface area (Å²) in [5.41, 5.74) is 3.36. The molecule has 3 rings (SSSR count). The summed E-state index contributed by atoms with van der Waals surface area (Å²) in [6.07, 6.45) is 0.185. The summed E-state index contributed by atoms with van der Waals surface area (Å²) in [4.78, 5) is 16.1. The smallest absolute Gasteiger partial charge is 0.339 e. The number of hydrogen-bond donors (Lipinski definition) is 0. The summed E-state index contributed by atoms with van der Waals surface area (Å²) in [5, 5.41) is 0. The average Bonchev–Trinajstić information content (AvgIpc) is 2.78. The van der Waals surface area contributed by atoms with E-state index in [2.05, 4.69) is 9.72 Å². The van der Waals surface area contributed by atoms with Gasteiger partial charge in [0.05, 0.1) is 30.6 Å². The number of esters is 1. The van der Waals surface area contributed by atoms with Crippen molar-refractivity contribution in [1.29, 1.82) is 0 Å². The van der Waals surface area contributed by atoms with Crippen molar-refractivity contribution in [3.05, 3.63) is 82.7 Å². The van der Waals surface area contributed by atoms with Gasteiger partial charge in [0.2, 0.25) is 0 Å². The van der Waals surface area contributed by atoms with Crippen LogP contribution in [0.1, 0.15) is 34.1 Å². The van der Waals surface area contributed by atoms with Crippen LogP contribution in [0.25, 0.3) is 0 Å². The van der Waals surface area contributed by atoms with Crippen LogP contribution in [0.3, 0.4) is 0 Å². The lowest BCUT2D eigenvalue weighted by Gasteiger charge is -2.27. The maximum absolute atomic E-state index is 14.1. The maximum Gasteiger partial charge on any atom is 0.339 e. The van der Waals surface area contributed by atoms with Crippen LogP contribution in [0.5, 0.6) is 5.75 Å². The number of carbonyl (C=O) groups excluding carboxylic acids is 1. The Hall–Kier alpha value is -3.20. The van der Waals surface area contributed by atoms with Crippen molar-refractivity contribution in [3.63, 3.8) is 0 Å². The number of benzene rings is 2. The van der Waals surface area contributed by atoms with E-state index in [0.29, 0.717) is 27.6 Å². The zero-order valence-corrected chi connectivity index (χ0v) is 20.1. The van der Waals surface area contributed by atoms with E-state index in [1.807, 2.05) is 26.0 Å². The SMILES string of the molecule is COC(=O)c1ccc(COc2cc(C)c(C)cc2N(CC(C)F)Sc2cc(F)cc(F)c2)nc1. The molecule has 0 aliphatic carbocycles. The third-order valence-electron chi connectivity index (χ3n) is 4.93. The molecule has 0 radical (unpaired) electrons. The predicted molar refractivity (Wildman–Crippen MR) is 126 cm³/mol. The number of ether oxygens (including phenoxy) is 2. The lowest BCUT2D eigenvalue weighted by molar-refractivity contribution is 0.0600. The lowest BCUT2D eigenvalue weighted by Crippen LogP contribution is -2.23. The summed E-state index contributed by atoms with van der Waals surface area (Å²) >= 11 is 1.02. The van der Waals surface area contributed by atoms with Gasteiger partial charge < -0.3 is 13.8 Å². The molecular weight excluding hydrogens is 465 g/mol. The van der Waals surface area contributed by atoms with Gasteiger partial charge in [-0.05, 0) is 80.2 Å². The number of methoxy groups -OCH3 is 1. The van der Waals surface area contributed by atoms with Crippen molar-refractivity contribution in [2.24, 2.45) is 0 Å². The fourth-order valence-electron chi connectivity index (χ4n) is 3.11. The quantitative estimate of drug-likeness (QED) is 0.262. The Bertz CT molecular complexity index is 1140. The Morgan fingerprint density at radius 1 is 1.09 bits per heavy atom. The van der Waals surface area contributed by atoms with E-state index >= 15 is 0 Å². The molecule has 0 saturated carbocycles. The van der Waals surface area contributed by atoms with Crippen molar-refractivity contribution in [1.82, 2.24) is 4.98 Å². The molecule has 1 aromatic heterocycles. The van der Waals surface area contributed by atoms with Gasteiger partial charge in [0, 0.05) is 17.2 Å². The van der Waals surface area contributed by atoms with E-state index in [4.69, 9.17) is 4.74 Å². The number of alkyl halides is 1. The first kappa shape index (κ1) is 25.4. The normalized spacial score (nSPS) is 11.7. The number of rotatable bonds is 9. The van der Waals surface area contributed by atoms with Gasteiger partial charge in [-0.1, -0.05) is 0 Å². The molecule has 0 aliphatic heterocycles. The van der Waals surface area contributed by atoms with E-state index in [0.717, 1.165) is 29.1 Å². The highest BCUT2D eigenvalue weighted by atomic mass is 32.2. The second-order valence-corrected chi connectivity index (χ2v) is 8.86. The number of hydrogen-bond acceptors (Lipinski definition) is 6. The van der Waals surface area contributed by atoms with Crippen LogP contribution in [0.4, 0.5) is 18.9 Å². The molecule has 180 valence electrons. The van der Waals surface area contributed by atoms with Crippen LogP contribution in [0.2, 0.25) is 0 Å². The number of aromatic nitrogens is 1. The highest BCUT2D eigenvalue weighted by Crippen LogP contribution is 2.38. The van der Waals surface area contributed by atoms with Gasteiger partial charge in [0.15, 0.2) is 0 Å². The van der Waals surface area contributed by atoms with Crippen LogP contribution < -0.4 is 9.04 Å². The van der Waals surface area contributed by atoms with Gasteiger partial charge in [0.25, 0.3) is 0 Å². The number of anilines is 1. The molecule has 1 atom stereocenters. The molecule has 1 heterocycles. The second-order valence-electron chi connectivity index (χ2n) is 7.76. The molecule has 3 aromatic rings. The molecule has 0 aliphatic rings. The number of aryl methyl sites for hydroxylation is 2. The summed E-state index contributed by atoms with van der Waals surface area (Å²) in [6.45, 7) is 5.31. The van der Waals surface area contributed by atoms with Crippen LogP contribution in [-0.2, 0) is 11.3 Å². The lowest BCUT2D eigenvalue weighted by atomic mass is 10.1. The van der Waals surface area contributed by atoms with Crippen LogP contribution in [-0.4, -0.2) is 30.8 Å². The zero-order chi connectivity index (χ0) is 24.8. The number of nitrogens with zero attached hydrogens (tertiary/aromatic N) is 2.